The molecule has 0 aromatic carbocycles. The van der Waals surface area contributed by atoms with Crippen LogP contribution in [0.25, 0.3) is 0 Å². The molecule has 4 heteroatoms. The summed E-state index contributed by atoms with van der Waals surface area (Å²) >= 11 is 0. The first kappa shape index (κ1) is 13.8. The number of hydrogen-bond donors (Lipinski definition) is 2. The quantitative estimate of drug-likeness (QED) is 0.813. The van der Waals surface area contributed by atoms with Crippen molar-refractivity contribution in [2.24, 2.45) is 5.92 Å². The number of fused-ring (bicyclic) bond motifs is 1. The van der Waals surface area contributed by atoms with Gasteiger partial charge in [0, 0.05) is 11.2 Å². The molecule has 0 spiro atoms. The minimum atomic E-state index is -0.341. The fraction of sp³-hybridized carbons (Fsp3) is 0.600. The van der Waals surface area contributed by atoms with Crippen molar-refractivity contribution in [2.75, 3.05) is 0 Å². The molecule has 1 unspecified atom stereocenters. The van der Waals surface area contributed by atoms with Gasteiger partial charge in [0.15, 0.2) is 0 Å². The summed E-state index contributed by atoms with van der Waals surface area (Å²) in [6.07, 6.45) is 2.92. The Morgan fingerprint density at radius 2 is 2.11 bits per heavy atom. The van der Waals surface area contributed by atoms with Crippen molar-refractivity contribution in [3.05, 3.63) is 33.2 Å². The number of carbonyl (C=O) groups is 1. The maximum Gasteiger partial charge on any atom is 0.261 e. The molecule has 1 atom stereocenters. The summed E-state index contributed by atoms with van der Waals surface area (Å²) in [5.74, 6) is 0.312. The molecule has 2 N–H and O–H groups in total. The molecule has 0 fully saturated rings. The lowest BCUT2D eigenvalue weighted by atomic mass is 9.87. The predicted molar refractivity (Wildman–Crippen MR) is 75.5 cm³/mol. The Balaban J connectivity index is 2.34. The number of H-pyrrole nitrogens is 1. The molecule has 0 radical (unpaired) electrons. The van der Waals surface area contributed by atoms with Crippen LogP contribution in [0.1, 0.15) is 55.7 Å². The number of aromatic amines is 1. The lowest BCUT2D eigenvalue weighted by Gasteiger charge is -2.23. The van der Waals surface area contributed by atoms with Crippen molar-refractivity contribution in [3.8, 4) is 0 Å². The van der Waals surface area contributed by atoms with Gasteiger partial charge in [-0.05, 0) is 57.6 Å². The van der Waals surface area contributed by atoms with Crippen LogP contribution in [0.3, 0.4) is 0 Å². The highest BCUT2D eigenvalue weighted by Gasteiger charge is 2.22. The Kier molecular flexibility index (Phi) is 3.52. The minimum Gasteiger partial charge on any atom is -0.347 e. The Hall–Kier alpha value is -1.58. The lowest BCUT2D eigenvalue weighted by molar-refractivity contribution is 0.0917. The topological polar surface area (TPSA) is 62.0 Å². The summed E-state index contributed by atoms with van der Waals surface area (Å²) in [5, 5.41) is 2.84. The normalized spacial score (nSPS) is 18.8. The number of nitrogens with one attached hydrogen (secondary N) is 2. The van der Waals surface area contributed by atoms with Gasteiger partial charge in [0.25, 0.3) is 11.5 Å². The molecule has 0 saturated carbocycles. The summed E-state index contributed by atoms with van der Waals surface area (Å²) in [7, 11) is 0. The molecule has 1 amide bonds. The van der Waals surface area contributed by atoms with Crippen LogP contribution in [0, 0.1) is 5.92 Å². The largest absolute Gasteiger partial charge is 0.347 e. The van der Waals surface area contributed by atoms with E-state index in [1.54, 1.807) is 6.07 Å². The number of aromatic nitrogens is 1. The second-order valence-corrected chi connectivity index (χ2v) is 6.57. The molecule has 1 aliphatic rings. The van der Waals surface area contributed by atoms with Crippen molar-refractivity contribution in [1.82, 2.24) is 10.3 Å². The van der Waals surface area contributed by atoms with Crippen LogP contribution < -0.4 is 10.9 Å². The second kappa shape index (κ2) is 4.83. The lowest BCUT2D eigenvalue weighted by Crippen LogP contribution is -2.42. The Bertz CT molecular complexity index is 552. The van der Waals surface area contributed by atoms with Gasteiger partial charge in [-0.1, -0.05) is 6.92 Å². The Morgan fingerprint density at radius 3 is 2.74 bits per heavy atom. The van der Waals surface area contributed by atoms with Gasteiger partial charge in [-0.25, -0.2) is 0 Å². The van der Waals surface area contributed by atoms with Crippen LogP contribution >= 0.6 is 0 Å². The number of hydrogen-bond acceptors (Lipinski definition) is 2. The number of carbonyl (C=O) groups excluding carboxylic acids is 1. The molecule has 19 heavy (non-hydrogen) atoms. The highest BCUT2D eigenvalue weighted by Crippen LogP contribution is 2.23. The van der Waals surface area contributed by atoms with Crippen LogP contribution in [0.2, 0.25) is 0 Å². The summed E-state index contributed by atoms with van der Waals surface area (Å²) in [6.45, 7) is 7.90. The van der Waals surface area contributed by atoms with Crippen LogP contribution in [-0.4, -0.2) is 16.4 Å². The van der Waals surface area contributed by atoms with Crippen molar-refractivity contribution in [1.29, 1.82) is 0 Å². The van der Waals surface area contributed by atoms with E-state index in [9.17, 15) is 9.59 Å². The van der Waals surface area contributed by atoms with Gasteiger partial charge in [0.1, 0.15) is 5.56 Å². The molecule has 1 heterocycles. The molecule has 1 aromatic rings. The van der Waals surface area contributed by atoms with Crippen molar-refractivity contribution in [2.45, 2.75) is 52.5 Å². The van der Waals surface area contributed by atoms with Gasteiger partial charge in [0.05, 0.1) is 0 Å². The van der Waals surface area contributed by atoms with E-state index in [1.807, 2.05) is 20.8 Å². The number of aryl methyl sites for hydroxylation is 1. The zero-order valence-electron chi connectivity index (χ0n) is 12.1. The van der Waals surface area contributed by atoms with E-state index in [4.69, 9.17) is 0 Å². The average Bonchev–Trinajstić information content (AvgIpc) is 2.26. The molecule has 2 rings (SSSR count). The predicted octanol–water partition coefficient (Wildman–Crippen LogP) is 2.03. The van der Waals surface area contributed by atoms with Crippen LogP contribution in [-0.2, 0) is 12.8 Å². The number of rotatable bonds is 1. The maximum atomic E-state index is 12.1. The van der Waals surface area contributed by atoms with Crippen molar-refractivity contribution >= 4 is 5.91 Å². The molecule has 0 bridgehead atoms. The van der Waals surface area contributed by atoms with E-state index in [0.29, 0.717) is 5.92 Å². The number of pyridine rings is 1. The fourth-order valence-corrected chi connectivity index (χ4v) is 2.46. The van der Waals surface area contributed by atoms with E-state index in [2.05, 4.69) is 17.2 Å². The molecule has 1 aromatic heterocycles. The molecular weight excluding hydrogens is 240 g/mol. The molecule has 4 nitrogen and oxygen atoms in total. The minimum absolute atomic E-state index is 0.225. The molecule has 104 valence electrons. The van der Waals surface area contributed by atoms with Crippen LogP contribution in [0.4, 0.5) is 0 Å². The van der Waals surface area contributed by atoms with E-state index < -0.39 is 0 Å². The Labute approximate surface area is 113 Å². The third kappa shape index (κ3) is 3.25. The van der Waals surface area contributed by atoms with Gasteiger partial charge < -0.3 is 10.3 Å². The van der Waals surface area contributed by atoms with Crippen molar-refractivity contribution in [3.63, 3.8) is 0 Å². The van der Waals surface area contributed by atoms with E-state index >= 15 is 0 Å². The van der Waals surface area contributed by atoms with Gasteiger partial charge in [-0.2, -0.15) is 0 Å². The van der Waals surface area contributed by atoms with E-state index in [1.165, 1.54) is 0 Å². The molecule has 0 aliphatic heterocycles. The van der Waals surface area contributed by atoms with Crippen molar-refractivity contribution < 1.29 is 4.79 Å². The summed E-state index contributed by atoms with van der Waals surface area (Å²) in [5.41, 5.74) is 1.71. The van der Waals surface area contributed by atoms with Crippen LogP contribution in [0.15, 0.2) is 10.9 Å². The standard InChI is InChI=1S/C15H22N2O2/c1-9-5-6-12-10(7-9)8-11(13(18)16-12)14(19)17-15(2,3)4/h8-9H,5-7H2,1-4H3,(H,16,18)(H,17,19). The highest BCUT2D eigenvalue weighted by atomic mass is 16.2. The van der Waals surface area contributed by atoms with E-state index in [-0.39, 0.29) is 22.6 Å². The molecule has 0 saturated heterocycles. The Morgan fingerprint density at radius 1 is 1.42 bits per heavy atom. The van der Waals surface area contributed by atoms with E-state index in [0.717, 1.165) is 30.5 Å². The van der Waals surface area contributed by atoms with Gasteiger partial charge in [-0.15, -0.1) is 0 Å². The summed E-state index contributed by atoms with van der Waals surface area (Å²) < 4.78 is 0. The maximum absolute atomic E-state index is 12.1. The van der Waals surface area contributed by atoms with Gasteiger partial charge >= 0.3 is 0 Å². The van der Waals surface area contributed by atoms with Gasteiger partial charge in [0.2, 0.25) is 0 Å². The summed E-state index contributed by atoms with van der Waals surface area (Å²) in [4.78, 5) is 27.0. The third-order valence-corrected chi connectivity index (χ3v) is 3.40. The molecular formula is C15H22N2O2. The summed E-state index contributed by atoms with van der Waals surface area (Å²) in [6, 6.07) is 1.77. The monoisotopic (exact) mass is 262 g/mol. The zero-order chi connectivity index (χ0) is 14.2. The smallest absolute Gasteiger partial charge is 0.261 e. The first-order valence-electron chi connectivity index (χ1n) is 6.84. The molecule has 1 aliphatic carbocycles. The van der Waals surface area contributed by atoms with Gasteiger partial charge in [-0.3, -0.25) is 9.59 Å². The SMILES string of the molecule is CC1CCc2[nH]c(=O)c(C(=O)NC(C)(C)C)cc2C1. The van der Waals surface area contributed by atoms with Crippen LogP contribution in [0.5, 0.6) is 0 Å². The number of amides is 1. The average molecular weight is 262 g/mol. The first-order valence-corrected chi connectivity index (χ1v) is 6.84. The first-order chi connectivity index (χ1) is 8.76. The second-order valence-electron chi connectivity index (χ2n) is 6.57. The highest BCUT2D eigenvalue weighted by molar-refractivity contribution is 5.94. The fourth-order valence-electron chi connectivity index (χ4n) is 2.46. The third-order valence-electron chi connectivity index (χ3n) is 3.40. The zero-order valence-corrected chi connectivity index (χ0v) is 12.1.